The van der Waals surface area contributed by atoms with Crippen molar-refractivity contribution in [3.63, 3.8) is 0 Å². The van der Waals surface area contributed by atoms with Crippen LogP contribution < -0.4 is 10.6 Å². The predicted molar refractivity (Wildman–Crippen MR) is 90.3 cm³/mol. The van der Waals surface area contributed by atoms with Gasteiger partial charge in [-0.2, -0.15) is 0 Å². The van der Waals surface area contributed by atoms with Crippen LogP contribution in [0.3, 0.4) is 0 Å². The number of amides is 1. The molecule has 0 bridgehead atoms. The first-order valence-corrected chi connectivity index (χ1v) is 7.35. The maximum absolute atomic E-state index is 11.6. The SMILES string of the molecule is O=C(C#Cc1ccccc1)NCCCNc1ncccc1[N+](=O)[O-]. The number of pyridine rings is 1. The number of carbonyl (C=O) groups excluding carboxylic acids is 1. The molecular formula is C17H16N4O3. The third-order valence-corrected chi connectivity index (χ3v) is 3.01. The van der Waals surface area contributed by atoms with Crippen LogP contribution >= 0.6 is 0 Å². The molecule has 1 aromatic carbocycles. The van der Waals surface area contributed by atoms with Crippen molar-refractivity contribution in [3.8, 4) is 11.8 Å². The lowest BCUT2D eigenvalue weighted by molar-refractivity contribution is -0.384. The summed E-state index contributed by atoms with van der Waals surface area (Å²) >= 11 is 0. The van der Waals surface area contributed by atoms with Crippen molar-refractivity contribution in [1.82, 2.24) is 10.3 Å². The van der Waals surface area contributed by atoms with Crippen molar-refractivity contribution in [1.29, 1.82) is 0 Å². The van der Waals surface area contributed by atoms with Crippen molar-refractivity contribution in [2.24, 2.45) is 0 Å². The highest BCUT2D eigenvalue weighted by molar-refractivity contribution is 5.94. The standard InChI is InChI=1S/C17H16N4O3/c22-16(10-9-14-6-2-1-3-7-14)18-12-5-13-20-17-15(21(23)24)8-4-11-19-17/h1-4,6-8,11H,5,12-13H2,(H,18,22)(H,19,20). The van der Waals surface area contributed by atoms with Crippen LogP contribution in [0.1, 0.15) is 12.0 Å². The highest BCUT2D eigenvalue weighted by Gasteiger charge is 2.12. The van der Waals surface area contributed by atoms with E-state index in [0.717, 1.165) is 5.56 Å². The molecule has 0 aliphatic carbocycles. The molecule has 0 spiro atoms. The lowest BCUT2D eigenvalue weighted by Gasteiger charge is -2.05. The number of nitrogens with zero attached hydrogens (tertiary/aromatic N) is 2. The molecule has 122 valence electrons. The van der Waals surface area contributed by atoms with Gasteiger partial charge in [-0.1, -0.05) is 24.1 Å². The van der Waals surface area contributed by atoms with Gasteiger partial charge in [0.05, 0.1) is 4.92 Å². The summed E-state index contributed by atoms with van der Waals surface area (Å²) in [6, 6.07) is 12.1. The van der Waals surface area contributed by atoms with Crippen LogP contribution in [0.15, 0.2) is 48.7 Å². The van der Waals surface area contributed by atoms with E-state index < -0.39 is 4.92 Å². The zero-order valence-electron chi connectivity index (χ0n) is 12.9. The Morgan fingerprint density at radius 2 is 1.96 bits per heavy atom. The Balaban J connectivity index is 1.71. The minimum absolute atomic E-state index is 0.0738. The second-order valence-electron chi connectivity index (χ2n) is 4.78. The Morgan fingerprint density at radius 1 is 1.17 bits per heavy atom. The molecular weight excluding hydrogens is 308 g/mol. The van der Waals surface area contributed by atoms with E-state index in [9.17, 15) is 14.9 Å². The molecule has 0 aliphatic rings. The molecule has 0 aliphatic heterocycles. The number of hydrogen-bond donors (Lipinski definition) is 2. The van der Waals surface area contributed by atoms with Crippen molar-refractivity contribution >= 4 is 17.4 Å². The molecule has 0 atom stereocenters. The topological polar surface area (TPSA) is 97.2 Å². The number of hydrogen-bond acceptors (Lipinski definition) is 5. The summed E-state index contributed by atoms with van der Waals surface area (Å²) in [7, 11) is 0. The van der Waals surface area contributed by atoms with Crippen LogP contribution in [0, 0.1) is 22.0 Å². The van der Waals surface area contributed by atoms with Crippen molar-refractivity contribution in [2.45, 2.75) is 6.42 Å². The van der Waals surface area contributed by atoms with Crippen LogP contribution in [-0.4, -0.2) is 28.9 Å². The van der Waals surface area contributed by atoms with Crippen molar-refractivity contribution in [3.05, 3.63) is 64.3 Å². The third kappa shape index (κ3) is 5.42. The van der Waals surface area contributed by atoms with Gasteiger partial charge in [0.15, 0.2) is 0 Å². The zero-order valence-corrected chi connectivity index (χ0v) is 12.9. The fraction of sp³-hybridized carbons (Fsp3) is 0.176. The highest BCUT2D eigenvalue weighted by Crippen LogP contribution is 2.19. The number of benzene rings is 1. The average Bonchev–Trinajstić information content (AvgIpc) is 2.61. The van der Waals surface area contributed by atoms with E-state index in [1.54, 1.807) is 0 Å². The van der Waals surface area contributed by atoms with Gasteiger partial charge in [0.25, 0.3) is 5.91 Å². The summed E-state index contributed by atoms with van der Waals surface area (Å²) in [5.74, 6) is 5.14. The Kier molecular flexibility index (Phi) is 6.29. The van der Waals surface area contributed by atoms with Gasteiger partial charge in [-0.25, -0.2) is 4.98 Å². The van der Waals surface area contributed by atoms with Gasteiger partial charge in [-0.15, -0.1) is 0 Å². The van der Waals surface area contributed by atoms with Crippen LogP contribution in [0.2, 0.25) is 0 Å². The van der Waals surface area contributed by atoms with E-state index in [1.165, 1.54) is 18.3 Å². The number of nitrogens with one attached hydrogen (secondary N) is 2. The first-order valence-electron chi connectivity index (χ1n) is 7.35. The van der Waals surface area contributed by atoms with Gasteiger partial charge in [0, 0.05) is 36.8 Å². The monoisotopic (exact) mass is 324 g/mol. The molecule has 0 radical (unpaired) electrons. The Morgan fingerprint density at radius 3 is 2.71 bits per heavy atom. The molecule has 7 heteroatoms. The molecule has 24 heavy (non-hydrogen) atoms. The van der Waals surface area contributed by atoms with E-state index in [2.05, 4.69) is 27.5 Å². The molecule has 0 fully saturated rings. The average molecular weight is 324 g/mol. The summed E-state index contributed by atoms with van der Waals surface area (Å²) < 4.78 is 0. The molecule has 1 heterocycles. The molecule has 0 saturated heterocycles. The van der Waals surface area contributed by atoms with E-state index in [4.69, 9.17) is 0 Å². The number of anilines is 1. The minimum Gasteiger partial charge on any atom is -0.364 e. The van der Waals surface area contributed by atoms with E-state index in [-0.39, 0.29) is 17.4 Å². The van der Waals surface area contributed by atoms with Gasteiger partial charge >= 0.3 is 5.69 Å². The second kappa shape index (κ2) is 8.90. The summed E-state index contributed by atoms with van der Waals surface area (Å²) in [5, 5.41) is 16.4. The Labute approximate surface area is 139 Å². The van der Waals surface area contributed by atoms with Gasteiger partial charge in [-0.3, -0.25) is 14.9 Å². The first-order chi connectivity index (χ1) is 11.7. The maximum Gasteiger partial charge on any atom is 0.311 e. The second-order valence-corrected chi connectivity index (χ2v) is 4.78. The smallest absolute Gasteiger partial charge is 0.311 e. The van der Waals surface area contributed by atoms with Gasteiger partial charge in [-0.05, 0) is 24.6 Å². The summed E-state index contributed by atoms with van der Waals surface area (Å²) in [6.07, 6.45) is 2.07. The maximum atomic E-state index is 11.6. The Hall–Kier alpha value is -3.40. The number of aromatic nitrogens is 1. The quantitative estimate of drug-likeness (QED) is 0.366. The summed E-state index contributed by atoms with van der Waals surface area (Å²) in [5.41, 5.74) is 0.701. The number of nitro groups is 1. The lowest BCUT2D eigenvalue weighted by atomic mass is 10.2. The molecule has 7 nitrogen and oxygen atoms in total. The van der Waals surface area contributed by atoms with Crippen LogP contribution in [-0.2, 0) is 4.79 Å². The van der Waals surface area contributed by atoms with Crippen LogP contribution in [0.4, 0.5) is 11.5 Å². The van der Waals surface area contributed by atoms with Crippen LogP contribution in [0.25, 0.3) is 0 Å². The normalized spacial score (nSPS) is 9.50. The fourth-order valence-electron chi connectivity index (χ4n) is 1.87. The summed E-state index contributed by atoms with van der Waals surface area (Å²) in [6.45, 7) is 0.861. The number of carbonyl (C=O) groups is 1. The minimum atomic E-state index is -0.490. The highest BCUT2D eigenvalue weighted by atomic mass is 16.6. The van der Waals surface area contributed by atoms with Gasteiger partial charge < -0.3 is 10.6 Å². The largest absolute Gasteiger partial charge is 0.364 e. The molecule has 1 amide bonds. The number of rotatable bonds is 6. The summed E-state index contributed by atoms with van der Waals surface area (Å²) in [4.78, 5) is 25.9. The van der Waals surface area contributed by atoms with Crippen molar-refractivity contribution < 1.29 is 9.72 Å². The fourth-order valence-corrected chi connectivity index (χ4v) is 1.87. The van der Waals surface area contributed by atoms with Crippen molar-refractivity contribution in [2.75, 3.05) is 18.4 Å². The van der Waals surface area contributed by atoms with E-state index in [1.807, 2.05) is 30.3 Å². The molecule has 2 N–H and O–H groups in total. The zero-order chi connectivity index (χ0) is 17.2. The van der Waals surface area contributed by atoms with Gasteiger partial charge in [0.1, 0.15) is 0 Å². The lowest BCUT2D eigenvalue weighted by Crippen LogP contribution is -2.24. The van der Waals surface area contributed by atoms with Crippen LogP contribution in [0.5, 0.6) is 0 Å². The molecule has 1 aromatic heterocycles. The van der Waals surface area contributed by atoms with Gasteiger partial charge in [0.2, 0.25) is 5.82 Å². The first kappa shape index (κ1) is 17.0. The van der Waals surface area contributed by atoms with E-state index in [0.29, 0.717) is 19.5 Å². The molecule has 2 aromatic rings. The molecule has 0 unspecified atom stereocenters. The third-order valence-electron chi connectivity index (χ3n) is 3.01. The van der Waals surface area contributed by atoms with E-state index >= 15 is 0 Å². The molecule has 0 saturated carbocycles. The molecule has 2 rings (SSSR count). The predicted octanol–water partition coefficient (Wildman–Crippen LogP) is 1.96. The Bertz CT molecular complexity index is 766.